The van der Waals surface area contributed by atoms with E-state index in [9.17, 15) is 9.18 Å². The second kappa shape index (κ2) is 6.77. The summed E-state index contributed by atoms with van der Waals surface area (Å²) in [5, 5.41) is 0. The number of benzene rings is 1. The second-order valence-corrected chi connectivity index (χ2v) is 6.48. The van der Waals surface area contributed by atoms with Crippen LogP contribution in [-0.4, -0.2) is 48.0 Å². The molecule has 0 saturated carbocycles. The number of hydrogen-bond acceptors (Lipinski definition) is 3. The molecule has 0 spiro atoms. The molecule has 0 bridgehead atoms. The predicted molar refractivity (Wildman–Crippen MR) is 94.3 cm³/mol. The van der Waals surface area contributed by atoms with Gasteiger partial charge in [0.05, 0.1) is 12.2 Å². The Hall–Kier alpha value is -2.14. The summed E-state index contributed by atoms with van der Waals surface area (Å²) in [4.78, 5) is 16.8. The molecule has 0 amide bonds. The molecule has 1 aliphatic rings. The number of carbonyl (C=O) groups is 1. The normalized spacial score (nSPS) is 15.8. The number of carbonyl (C=O) groups excluding carboxylic acids is 1. The first-order chi connectivity index (χ1) is 11.5. The highest BCUT2D eigenvalue weighted by molar-refractivity contribution is 5.99. The van der Waals surface area contributed by atoms with Crippen LogP contribution in [0.15, 0.2) is 30.3 Å². The van der Waals surface area contributed by atoms with E-state index < -0.39 is 0 Å². The molecule has 128 valence electrons. The summed E-state index contributed by atoms with van der Waals surface area (Å²) < 4.78 is 15.9. The van der Waals surface area contributed by atoms with Crippen molar-refractivity contribution in [3.63, 3.8) is 0 Å². The van der Waals surface area contributed by atoms with E-state index in [0.717, 1.165) is 43.1 Å². The first-order valence-electron chi connectivity index (χ1n) is 8.35. The van der Waals surface area contributed by atoms with Gasteiger partial charge in [0.1, 0.15) is 5.82 Å². The molecule has 24 heavy (non-hydrogen) atoms. The number of aromatic nitrogens is 1. The molecule has 4 nitrogen and oxygen atoms in total. The van der Waals surface area contributed by atoms with E-state index >= 15 is 0 Å². The van der Waals surface area contributed by atoms with Gasteiger partial charge in [0.2, 0.25) is 0 Å². The minimum absolute atomic E-state index is 0.163. The van der Waals surface area contributed by atoms with E-state index in [4.69, 9.17) is 0 Å². The summed E-state index contributed by atoms with van der Waals surface area (Å²) in [5.74, 6) is -0.0204. The maximum Gasteiger partial charge on any atom is 0.178 e. The van der Waals surface area contributed by atoms with E-state index in [1.807, 2.05) is 48.6 Å². The summed E-state index contributed by atoms with van der Waals surface area (Å²) in [5.41, 5.74) is 3.58. The van der Waals surface area contributed by atoms with Crippen molar-refractivity contribution < 1.29 is 9.18 Å². The number of ketones is 1. The van der Waals surface area contributed by atoms with Gasteiger partial charge in [-0.1, -0.05) is 12.1 Å². The molecule has 0 unspecified atom stereocenters. The molecule has 3 rings (SSSR count). The van der Waals surface area contributed by atoms with E-state index in [2.05, 4.69) is 4.90 Å². The second-order valence-electron chi connectivity index (χ2n) is 6.48. The van der Waals surface area contributed by atoms with Crippen molar-refractivity contribution in [2.24, 2.45) is 7.05 Å². The predicted octanol–water partition coefficient (Wildman–Crippen LogP) is 2.79. The molecule has 5 heteroatoms. The van der Waals surface area contributed by atoms with Crippen molar-refractivity contribution >= 4 is 11.5 Å². The number of nitrogens with zero attached hydrogens (tertiary/aromatic N) is 3. The Bertz CT molecular complexity index is 745. The van der Waals surface area contributed by atoms with Crippen LogP contribution in [0, 0.1) is 19.7 Å². The molecule has 1 aromatic heterocycles. The van der Waals surface area contributed by atoms with Crippen molar-refractivity contribution in [1.82, 2.24) is 9.47 Å². The van der Waals surface area contributed by atoms with Gasteiger partial charge >= 0.3 is 0 Å². The standard InChI is InChI=1S/C19H24FN3O/c1-14-12-16(15(2)21(14)3)19(24)13-22-8-10-23(11-9-22)18-7-5-4-6-17(18)20/h4-7,12H,8-11,13H2,1-3H3. The zero-order valence-corrected chi connectivity index (χ0v) is 14.6. The zero-order chi connectivity index (χ0) is 17.3. The van der Waals surface area contributed by atoms with Crippen LogP contribution in [0.3, 0.4) is 0 Å². The summed E-state index contributed by atoms with van der Waals surface area (Å²) in [6.07, 6.45) is 0. The lowest BCUT2D eigenvalue weighted by Gasteiger charge is -2.35. The Morgan fingerprint density at radius 2 is 1.79 bits per heavy atom. The van der Waals surface area contributed by atoms with Crippen molar-refractivity contribution in [2.75, 3.05) is 37.6 Å². The summed E-state index contributed by atoms with van der Waals surface area (Å²) in [6, 6.07) is 8.83. The van der Waals surface area contributed by atoms with Gasteiger partial charge in [0.15, 0.2) is 5.78 Å². The zero-order valence-electron chi connectivity index (χ0n) is 14.6. The van der Waals surface area contributed by atoms with Gasteiger partial charge in [-0.05, 0) is 32.0 Å². The van der Waals surface area contributed by atoms with Crippen LogP contribution in [0.4, 0.5) is 10.1 Å². The largest absolute Gasteiger partial charge is 0.367 e. The quantitative estimate of drug-likeness (QED) is 0.808. The van der Waals surface area contributed by atoms with Crippen LogP contribution in [0.2, 0.25) is 0 Å². The lowest BCUT2D eigenvalue weighted by atomic mass is 10.1. The Kier molecular flexibility index (Phi) is 4.71. The number of aryl methyl sites for hydroxylation is 1. The minimum Gasteiger partial charge on any atom is -0.367 e. The molecular formula is C19H24FN3O. The van der Waals surface area contributed by atoms with Crippen LogP contribution < -0.4 is 4.90 Å². The summed E-state index contributed by atoms with van der Waals surface area (Å²) in [7, 11) is 1.98. The number of para-hydroxylation sites is 1. The Morgan fingerprint density at radius 1 is 1.12 bits per heavy atom. The van der Waals surface area contributed by atoms with Crippen molar-refractivity contribution in [1.29, 1.82) is 0 Å². The lowest BCUT2D eigenvalue weighted by Crippen LogP contribution is -2.48. The molecule has 0 atom stereocenters. The van der Waals surface area contributed by atoms with Gasteiger partial charge in [0.25, 0.3) is 0 Å². The highest BCUT2D eigenvalue weighted by atomic mass is 19.1. The van der Waals surface area contributed by atoms with Crippen molar-refractivity contribution in [3.8, 4) is 0 Å². The number of rotatable bonds is 4. The molecule has 2 heterocycles. The maximum atomic E-state index is 13.9. The maximum absolute atomic E-state index is 13.9. The fourth-order valence-electron chi connectivity index (χ4n) is 3.28. The van der Waals surface area contributed by atoms with E-state index in [1.54, 1.807) is 6.07 Å². The molecule has 2 aromatic rings. The van der Waals surface area contributed by atoms with Crippen molar-refractivity contribution in [3.05, 3.63) is 53.1 Å². The number of piperazine rings is 1. The third-order valence-electron chi connectivity index (χ3n) is 5.01. The fourth-order valence-corrected chi connectivity index (χ4v) is 3.28. The minimum atomic E-state index is -0.183. The Morgan fingerprint density at radius 3 is 2.38 bits per heavy atom. The van der Waals surface area contributed by atoms with Crippen LogP contribution in [0.5, 0.6) is 0 Å². The highest BCUT2D eigenvalue weighted by Crippen LogP contribution is 2.20. The molecular weight excluding hydrogens is 305 g/mol. The first kappa shape index (κ1) is 16.7. The Labute approximate surface area is 142 Å². The first-order valence-corrected chi connectivity index (χ1v) is 8.35. The van der Waals surface area contributed by atoms with Crippen LogP contribution in [0.1, 0.15) is 21.7 Å². The van der Waals surface area contributed by atoms with Gasteiger partial charge in [-0.15, -0.1) is 0 Å². The summed E-state index contributed by atoms with van der Waals surface area (Å²) in [6.45, 7) is 7.43. The van der Waals surface area contributed by atoms with E-state index in [1.165, 1.54) is 6.07 Å². The molecule has 1 aromatic carbocycles. The van der Waals surface area contributed by atoms with E-state index in [0.29, 0.717) is 12.2 Å². The van der Waals surface area contributed by atoms with Gasteiger partial charge in [-0.25, -0.2) is 4.39 Å². The van der Waals surface area contributed by atoms with Crippen LogP contribution >= 0.6 is 0 Å². The van der Waals surface area contributed by atoms with Crippen LogP contribution in [-0.2, 0) is 7.05 Å². The average Bonchev–Trinajstić information content (AvgIpc) is 2.84. The molecule has 1 fully saturated rings. The van der Waals surface area contributed by atoms with Gasteiger partial charge in [-0.2, -0.15) is 0 Å². The SMILES string of the molecule is Cc1cc(C(=O)CN2CCN(c3ccccc3F)CC2)c(C)n1C. The topological polar surface area (TPSA) is 28.5 Å². The van der Waals surface area contributed by atoms with E-state index in [-0.39, 0.29) is 11.6 Å². The Balaban J connectivity index is 1.60. The average molecular weight is 329 g/mol. The number of anilines is 1. The third kappa shape index (κ3) is 3.22. The fraction of sp³-hybridized carbons (Fsp3) is 0.421. The highest BCUT2D eigenvalue weighted by Gasteiger charge is 2.22. The molecule has 0 N–H and O–H groups in total. The molecule has 0 radical (unpaired) electrons. The van der Waals surface area contributed by atoms with Gasteiger partial charge < -0.3 is 9.47 Å². The number of Topliss-reactive ketones (excluding diaryl/α,β-unsaturated/α-hetero) is 1. The lowest BCUT2D eigenvalue weighted by molar-refractivity contribution is 0.0925. The number of halogens is 1. The number of hydrogen-bond donors (Lipinski definition) is 0. The molecule has 1 aliphatic heterocycles. The molecule has 1 saturated heterocycles. The van der Waals surface area contributed by atoms with Gasteiger partial charge in [-0.3, -0.25) is 9.69 Å². The molecule has 0 aliphatic carbocycles. The monoisotopic (exact) mass is 329 g/mol. The van der Waals surface area contributed by atoms with Crippen LogP contribution in [0.25, 0.3) is 0 Å². The smallest absolute Gasteiger partial charge is 0.178 e. The van der Waals surface area contributed by atoms with Crippen molar-refractivity contribution in [2.45, 2.75) is 13.8 Å². The summed E-state index contributed by atoms with van der Waals surface area (Å²) >= 11 is 0. The van der Waals surface area contributed by atoms with Gasteiger partial charge in [0, 0.05) is 50.2 Å². The third-order valence-corrected chi connectivity index (χ3v) is 5.01.